The molecule has 7 nitrogen and oxygen atoms in total. The highest BCUT2D eigenvalue weighted by molar-refractivity contribution is 6.08. The first kappa shape index (κ1) is 20.6. The molecule has 2 rings (SSSR count). The smallest absolute Gasteiger partial charge is 0.326 e. The number of rotatable bonds is 6. The lowest BCUT2D eigenvalue weighted by Gasteiger charge is -2.19. The first-order chi connectivity index (χ1) is 12.5. The zero-order valence-corrected chi connectivity index (χ0v) is 16.7. The van der Waals surface area contributed by atoms with Crippen LogP contribution in [0.1, 0.15) is 59.8 Å². The number of carbonyl (C=O) groups is 4. The molecule has 1 atom stereocenters. The Labute approximate surface area is 159 Å². The summed E-state index contributed by atoms with van der Waals surface area (Å²) in [5, 5.41) is 2.60. The maximum absolute atomic E-state index is 12.3. The summed E-state index contributed by atoms with van der Waals surface area (Å²) in [6.45, 7) is 10.0. The van der Waals surface area contributed by atoms with Gasteiger partial charge in [0.15, 0.2) is 5.78 Å². The van der Waals surface area contributed by atoms with Crippen LogP contribution in [0.3, 0.4) is 0 Å². The Morgan fingerprint density at radius 3 is 2.33 bits per heavy atom. The summed E-state index contributed by atoms with van der Waals surface area (Å²) < 4.78 is 5.30. The van der Waals surface area contributed by atoms with E-state index in [4.69, 9.17) is 4.74 Å². The Balaban J connectivity index is 2.11. The monoisotopic (exact) mass is 374 g/mol. The van der Waals surface area contributed by atoms with Crippen molar-refractivity contribution in [1.82, 2.24) is 10.2 Å². The average molecular weight is 374 g/mol. The lowest BCUT2D eigenvalue weighted by atomic mass is 9.92. The number of nitrogens with zero attached hydrogens (tertiary/aromatic N) is 1. The number of aryl methyl sites for hydroxylation is 2. The molecule has 1 fully saturated rings. The third-order valence-electron chi connectivity index (χ3n) is 5.20. The summed E-state index contributed by atoms with van der Waals surface area (Å²) in [7, 11) is 0. The van der Waals surface area contributed by atoms with E-state index in [1.165, 1.54) is 6.92 Å². The number of carbonyl (C=O) groups excluding carboxylic acids is 4. The fourth-order valence-corrected chi connectivity index (χ4v) is 3.45. The molecule has 1 aromatic carbocycles. The Bertz CT molecular complexity index is 830. The van der Waals surface area contributed by atoms with Gasteiger partial charge in [-0.15, -0.1) is 0 Å². The van der Waals surface area contributed by atoms with E-state index >= 15 is 0 Å². The van der Waals surface area contributed by atoms with Crippen molar-refractivity contribution in [3.63, 3.8) is 0 Å². The molecule has 27 heavy (non-hydrogen) atoms. The molecule has 1 saturated heterocycles. The molecule has 7 heteroatoms. The predicted octanol–water partition coefficient (Wildman–Crippen LogP) is 2.58. The number of hydrogen-bond donors (Lipinski definition) is 1. The topological polar surface area (TPSA) is 92.8 Å². The van der Waals surface area contributed by atoms with Gasteiger partial charge in [-0.25, -0.2) is 4.79 Å². The molecule has 1 aliphatic rings. The number of hydrogen-bond acceptors (Lipinski definition) is 5. The zero-order valence-electron chi connectivity index (χ0n) is 16.7. The molecule has 146 valence electrons. The summed E-state index contributed by atoms with van der Waals surface area (Å²) >= 11 is 0. The lowest BCUT2D eigenvalue weighted by Crippen LogP contribution is -2.43. The van der Waals surface area contributed by atoms with Crippen molar-refractivity contribution >= 4 is 23.7 Å². The SMILES string of the molecule is CC[C@@]1(C)NC(=O)N(CC(=O)OCc2c(C)cc(C)c(C(C)=O)c2C)C1=O. The largest absolute Gasteiger partial charge is 0.459 e. The number of amides is 3. The quantitative estimate of drug-likeness (QED) is 0.469. The molecular formula is C20H26N2O5. The molecule has 0 spiro atoms. The van der Waals surface area contributed by atoms with Crippen molar-refractivity contribution in [2.75, 3.05) is 6.54 Å². The van der Waals surface area contributed by atoms with Crippen molar-refractivity contribution < 1.29 is 23.9 Å². The van der Waals surface area contributed by atoms with Crippen LogP contribution in [0.2, 0.25) is 0 Å². The number of nitrogens with one attached hydrogen (secondary N) is 1. The van der Waals surface area contributed by atoms with Crippen molar-refractivity contribution in [1.29, 1.82) is 0 Å². The third-order valence-corrected chi connectivity index (χ3v) is 5.20. The van der Waals surface area contributed by atoms with E-state index in [0.717, 1.165) is 27.2 Å². The van der Waals surface area contributed by atoms with Crippen LogP contribution in [0.5, 0.6) is 0 Å². The minimum Gasteiger partial charge on any atom is -0.459 e. The van der Waals surface area contributed by atoms with E-state index in [1.54, 1.807) is 13.8 Å². The molecular weight excluding hydrogens is 348 g/mol. The van der Waals surface area contributed by atoms with E-state index in [-0.39, 0.29) is 12.4 Å². The van der Waals surface area contributed by atoms with Crippen molar-refractivity contribution in [3.05, 3.63) is 33.9 Å². The van der Waals surface area contributed by atoms with E-state index in [1.807, 2.05) is 26.8 Å². The fourth-order valence-electron chi connectivity index (χ4n) is 3.45. The Morgan fingerprint density at radius 1 is 1.19 bits per heavy atom. The van der Waals surface area contributed by atoms with Crippen LogP contribution in [0.4, 0.5) is 4.79 Å². The van der Waals surface area contributed by atoms with Crippen molar-refractivity contribution in [2.24, 2.45) is 0 Å². The number of ketones is 1. The summed E-state index contributed by atoms with van der Waals surface area (Å²) in [5.74, 6) is -1.16. The Morgan fingerprint density at radius 2 is 1.81 bits per heavy atom. The van der Waals surface area contributed by atoms with Gasteiger partial charge in [-0.2, -0.15) is 0 Å². The van der Waals surface area contributed by atoms with Crippen molar-refractivity contribution in [2.45, 2.75) is 60.1 Å². The highest BCUT2D eigenvalue weighted by Crippen LogP contribution is 2.24. The summed E-state index contributed by atoms with van der Waals surface area (Å²) in [5.41, 5.74) is 2.97. The molecule has 1 heterocycles. The average Bonchev–Trinajstić information content (AvgIpc) is 2.77. The van der Waals surface area contributed by atoms with Gasteiger partial charge in [-0.1, -0.05) is 13.0 Å². The highest BCUT2D eigenvalue weighted by Gasteiger charge is 2.47. The second-order valence-electron chi connectivity index (χ2n) is 7.21. The van der Waals surface area contributed by atoms with Gasteiger partial charge < -0.3 is 10.1 Å². The first-order valence-electron chi connectivity index (χ1n) is 8.92. The van der Waals surface area contributed by atoms with Crippen LogP contribution < -0.4 is 5.32 Å². The molecule has 0 radical (unpaired) electrons. The minimum atomic E-state index is -0.988. The maximum atomic E-state index is 12.3. The second-order valence-corrected chi connectivity index (χ2v) is 7.21. The number of imide groups is 1. The van der Waals surface area contributed by atoms with Gasteiger partial charge in [0.05, 0.1) is 0 Å². The normalized spacial score (nSPS) is 19.3. The van der Waals surface area contributed by atoms with Crippen LogP contribution in [0.15, 0.2) is 6.07 Å². The van der Waals surface area contributed by atoms with Gasteiger partial charge in [0.1, 0.15) is 18.7 Å². The third kappa shape index (κ3) is 3.86. The van der Waals surface area contributed by atoms with Gasteiger partial charge in [0.2, 0.25) is 0 Å². The van der Waals surface area contributed by atoms with Gasteiger partial charge >= 0.3 is 12.0 Å². The molecule has 0 unspecified atom stereocenters. The van der Waals surface area contributed by atoms with Crippen molar-refractivity contribution in [3.8, 4) is 0 Å². The first-order valence-corrected chi connectivity index (χ1v) is 8.92. The fraction of sp³-hybridized carbons (Fsp3) is 0.500. The molecule has 1 aliphatic heterocycles. The number of urea groups is 1. The zero-order chi connectivity index (χ0) is 20.5. The van der Waals surface area contributed by atoms with Crippen LogP contribution in [0.25, 0.3) is 0 Å². The standard InChI is InChI=1S/C20H26N2O5/c1-7-20(6)18(25)22(19(26)21-20)9-16(24)27-10-15-11(2)8-12(3)17(13(15)4)14(5)23/h8H,7,9-10H2,1-6H3,(H,21,26)/t20-/m1/s1. The van der Waals surface area contributed by atoms with Gasteiger partial charge in [0.25, 0.3) is 5.91 Å². The number of ether oxygens (including phenoxy) is 1. The van der Waals surface area contributed by atoms with Gasteiger partial charge in [-0.3, -0.25) is 19.3 Å². The number of benzene rings is 1. The Hall–Kier alpha value is -2.70. The van der Waals surface area contributed by atoms with Crippen LogP contribution in [-0.4, -0.2) is 40.7 Å². The molecule has 0 saturated carbocycles. The number of esters is 1. The second kappa shape index (κ2) is 7.50. The van der Waals surface area contributed by atoms with Crippen LogP contribution in [0, 0.1) is 20.8 Å². The van der Waals surface area contributed by atoms with E-state index < -0.39 is 30.0 Å². The summed E-state index contributed by atoms with van der Waals surface area (Å²) in [6.07, 6.45) is 0.429. The van der Waals surface area contributed by atoms with E-state index in [2.05, 4.69) is 5.32 Å². The molecule has 1 aromatic rings. The molecule has 3 amide bonds. The molecule has 1 N–H and O–H groups in total. The van der Waals surface area contributed by atoms with Gasteiger partial charge in [-0.05, 0) is 63.3 Å². The number of Topliss-reactive ketones (excluding diaryl/α,β-unsaturated/α-hetero) is 1. The van der Waals surface area contributed by atoms with Crippen LogP contribution in [-0.2, 0) is 20.9 Å². The molecule has 0 aromatic heterocycles. The summed E-state index contributed by atoms with van der Waals surface area (Å²) in [4.78, 5) is 49.3. The maximum Gasteiger partial charge on any atom is 0.326 e. The van der Waals surface area contributed by atoms with Gasteiger partial charge in [0, 0.05) is 5.56 Å². The minimum absolute atomic E-state index is 0.0221. The summed E-state index contributed by atoms with van der Waals surface area (Å²) in [6, 6.07) is 1.29. The predicted molar refractivity (Wildman–Crippen MR) is 99.4 cm³/mol. The molecule has 0 aliphatic carbocycles. The molecule has 0 bridgehead atoms. The van der Waals surface area contributed by atoms with E-state index in [9.17, 15) is 19.2 Å². The van der Waals surface area contributed by atoms with Crippen LogP contribution >= 0.6 is 0 Å². The Kier molecular flexibility index (Phi) is 5.73. The highest BCUT2D eigenvalue weighted by atomic mass is 16.5. The van der Waals surface area contributed by atoms with E-state index in [0.29, 0.717) is 12.0 Å². The lowest BCUT2D eigenvalue weighted by molar-refractivity contribution is -0.148.